The first-order valence-corrected chi connectivity index (χ1v) is 7.38. The van der Waals surface area contributed by atoms with Crippen LogP contribution in [0, 0.1) is 11.8 Å². The summed E-state index contributed by atoms with van der Waals surface area (Å²) in [5.74, 6) is 1.13. The molecule has 3 nitrogen and oxygen atoms in total. The fraction of sp³-hybridized carbons (Fsp3) is 0.812. The lowest BCUT2D eigenvalue weighted by molar-refractivity contribution is -0.139. The number of ether oxygens (including phenoxy) is 1. The molecule has 0 spiro atoms. The summed E-state index contributed by atoms with van der Waals surface area (Å²) in [6.07, 6.45) is 2.37. The first-order chi connectivity index (χ1) is 8.82. The van der Waals surface area contributed by atoms with Crippen LogP contribution in [0.15, 0.2) is 12.2 Å². The third-order valence-electron chi connectivity index (χ3n) is 3.03. The second kappa shape index (κ2) is 10.0. The van der Waals surface area contributed by atoms with Gasteiger partial charge in [0.15, 0.2) is 0 Å². The average Bonchev–Trinajstić information content (AvgIpc) is 2.30. The summed E-state index contributed by atoms with van der Waals surface area (Å²) >= 11 is 0. The molecule has 0 saturated heterocycles. The first kappa shape index (κ1) is 18.2. The van der Waals surface area contributed by atoms with E-state index in [4.69, 9.17) is 4.74 Å². The lowest BCUT2D eigenvalue weighted by Crippen LogP contribution is -2.31. The van der Waals surface area contributed by atoms with Crippen molar-refractivity contribution in [3.8, 4) is 0 Å². The van der Waals surface area contributed by atoms with E-state index < -0.39 is 0 Å². The third-order valence-corrected chi connectivity index (χ3v) is 3.03. The van der Waals surface area contributed by atoms with Crippen molar-refractivity contribution in [3.63, 3.8) is 0 Å². The predicted octanol–water partition coefficient (Wildman–Crippen LogP) is 3.50. The highest BCUT2D eigenvalue weighted by Crippen LogP contribution is 2.06. The van der Waals surface area contributed by atoms with E-state index in [1.807, 2.05) is 0 Å². The third kappa shape index (κ3) is 10.8. The lowest BCUT2D eigenvalue weighted by atomic mass is 10.1. The highest BCUT2D eigenvalue weighted by atomic mass is 16.5. The average molecular weight is 269 g/mol. The van der Waals surface area contributed by atoms with Crippen molar-refractivity contribution in [2.75, 3.05) is 26.2 Å². The van der Waals surface area contributed by atoms with E-state index >= 15 is 0 Å². The van der Waals surface area contributed by atoms with Gasteiger partial charge in [0.25, 0.3) is 0 Å². The molecule has 112 valence electrons. The molecule has 0 bridgehead atoms. The van der Waals surface area contributed by atoms with Gasteiger partial charge in [0.05, 0.1) is 0 Å². The van der Waals surface area contributed by atoms with E-state index in [1.54, 1.807) is 6.92 Å². The molecule has 0 aromatic rings. The monoisotopic (exact) mass is 269 g/mol. The van der Waals surface area contributed by atoms with E-state index in [-0.39, 0.29) is 5.97 Å². The maximum absolute atomic E-state index is 11.3. The molecule has 0 rings (SSSR count). The number of hydrogen-bond donors (Lipinski definition) is 0. The van der Waals surface area contributed by atoms with Gasteiger partial charge in [-0.1, -0.05) is 34.3 Å². The minimum absolute atomic E-state index is 0.285. The van der Waals surface area contributed by atoms with Crippen LogP contribution >= 0.6 is 0 Å². The second-order valence-electron chi connectivity index (χ2n) is 6.12. The number of esters is 1. The molecule has 3 heteroatoms. The molecule has 0 aliphatic carbocycles. The molecule has 0 atom stereocenters. The van der Waals surface area contributed by atoms with Crippen LogP contribution < -0.4 is 0 Å². The van der Waals surface area contributed by atoms with Crippen LogP contribution in [0.1, 0.15) is 47.5 Å². The van der Waals surface area contributed by atoms with Crippen LogP contribution in [0.25, 0.3) is 0 Å². The Morgan fingerprint density at radius 3 is 1.89 bits per heavy atom. The van der Waals surface area contributed by atoms with Gasteiger partial charge in [-0.3, -0.25) is 4.90 Å². The molecule has 0 aromatic carbocycles. The van der Waals surface area contributed by atoms with Gasteiger partial charge in [0, 0.05) is 12.1 Å². The van der Waals surface area contributed by atoms with Crippen LogP contribution in [0.3, 0.4) is 0 Å². The maximum Gasteiger partial charge on any atom is 0.333 e. The van der Waals surface area contributed by atoms with Gasteiger partial charge >= 0.3 is 5.97 Å². The van der Waals surface area contributed by atoms with E-state index in [1.165, 1.54) is 12.8 Å². The van der Waals surface area contributed by atoms with Crippen molar-refractivity contribution in [2.45, 2.75) is 47.5 Å². The van der Waals surface area contributed by atoms with Crippen molar-refractivity contribution >= 4 is 5.97 Å². The summed E-state index contributed by atoms with van der Waals surface area (Å²) in [5.41, 5.74) is 0.468. The van der Waals surface area contributed by atoms with Gasteiger partial charge in [-0.05, 0) is 44.7 Å². The van der Waals surface area contributed by atoms with Crippen molar-refractivity contribution in [3.05, 3.63) is 12.2 Å². The van der Waals surface area contributed by atoms with Crippen molar-refractivity contribution in [1.29, 1.82) is 0 Å². The Balaban J connectivity index is 4.02. The zero-order valence-corrected chi connectivity index (χ0v) is 13.4. The molecule has 0 heterocycles. The Morgan fingerprint density at radius 1 is 1.05 bits per heavy atom. The molecule has 0 aliphatic rings. The van der Waals surface area contributed by atoms with E-state index in [0.717, 1.165) is 19.6 Å². The molecule has 0 aromatic heterocycles. The normalized spacial score (nSPS) is 11.4. The van der Waals surface area contributed by atoms with Crippen LogP contribution in [0.5, 0.6) is 0 Å². The van der Waals surface area contributed by atoms with Gasteiger partial charge in [-0.25, -0.2) is 4.79 Å². The lowest BCUT2D eigenvalue weighted by Gasteiger charge is -2.23. The Kier molecular flexibility index (Phi) is 9.58. The first-order valence-electron chi connectivity index (χ1n) is 7.38. The molecule has 0 radical (unpaired) electrons. The van der Waals surface area contributed by atoms with Crippen molar-refractivity contribution in [1.82, 2.24) is 4.90 Å². The Morgan fingerprint density at radius 2 is 1.53 bits per heavy atom. The van der Waals surface area contributed by atoms with Gasteiger partial charge in [-0.2, -0.15) is 0 Å². The molecule has 0 fully saturated rings. The molecule has 0 N–H and O–H groups in total. The zero-order chi connectivity index (χ0) is 14.8. The van der Waals surface area contributed by atoms with Gasteiger partial charge in [0.2, 0.25) is 0 Å². The van der Waals surface area contributed by atoms with E-state index in [0.29, 0.717) is 24.0 Å². The number of hydrogen-bond acceptors (Lipinski definition) is 3. The van der Waals surface area contributed by atoms with E-state index in [9.17, 15) is 4.79 Å². The van der Waals surface area contributed by atoms with Crippen LogP contribution in [-0.2, 0) is 9.53 Å². The molecule has 19 heavy (non-hydrogen) atoms. The molecule has 0 unspecified atom stereocenters. The maximum atomic E-state index is 11.3. The van der Waals surface area contributed by atoms with Crippen molar-refractivity contribution in [2.24, 2.45) is 11.8 Å². The quantitative estimate of drug-likeness (QED) is 0.449. The topological polar surface area (TPSA) is 29.5 Å². The van der Waals surface area contributed by atoms with Crippen LogP contribution in [0.2, 0.25) is 0 Å². The van der Waals surface area contributed by atoms with Gasteiger partial charge in [-0.15, -0.1) is 0 Å². The standard InChI is InChI=1S/C16H31NO2/c1-13(2)7-9-17(10-8-14(3)4)11-12-19-16(18)15(5)6/h13-14H,5,7-12H2,1-4,6H3. The summed E-state index contributed by atoms with van der Waals surface area (Å²) < 4.78 is 5.17. The predicted molar refractivity (Wildman–Crippen MR) is 81.1 cm³/mol. The number of carbonyl (C=O) groups is 1. The SMILES string of the molecule is C=C(C)C(=O)OCCN(CCC(C)C)CCC(C)C. The molecule has 0 amide bonds. The fourth-order valence-corrected chi connectivity index (χ4v) is 1.61. The summed E-state index contributed by atoms with van der Waals surface area (Å²) in [5, 5.41) is 0. The fourth-order valence-electron chi connectivity index (χ4n) is 1.61. The minimum atomic E-state index is -0.285. The summed E-state index contributed by atoms with van der Waals surface area (Å²) in [7, 11) is 0. The van der Waals surface area contributed by atoms with E-state index in [2.05, 4.69) is 39.2 Å². The van der Waals surface area contributed by atoms with Crippen LogP contribution in [0.4, 0.5) is 0 Å². The van der Waals surface area contributed by atoms with Gasteiger partial charge in [0.1, 0.15) is 6.61 Å². The summed E-state index contributed by atoms with van der Waals surface area (Å²) in [6, 6.07) is 0. The second-order valence-corrected chi connectivity index (χ2v) is 6.12. The largest absolute Gasteiger partial charge is 0.461 e. The molecular weight excluding hydrogens is 238 g/mol. The smallest absolute Gasteiger partial charge is 0.333 e. The van der Waals surface area contributed by atoms with Crippen LogP contribution in [-0.4, -0.2) is 37.1 Å². The minimum Gasteiger partial charge on any atom is -0.461 e. The van der Waals surface area contributed by atoms with Gasteiger partial charge < -0.3 is 4.74 Å². The highest BCUT2D eigenvalue weighted by Gasteiger charge is 2.09. The number of carbonyl (C=O) groups excluding carboxylic acids is 1. The number of rotatable bonds is 10. The zero-order valence-electron chi connectivity index (χ0n) is 13.4. The highest BCUT2D eigenvalue weighted by molar-refractivity contribution is 5.86. The Hall–Kier alpha value is -0.830. The summed E-state index contributed by atoms with van der Waals surface area (Å²) in [4.78, 5) is 13.7. The Bertz CT molecular complexity index is 260. The summed E-state index contributed by atoms with van der Waals surface area (Å²) in [6.45, 7) is 17.6. The Labute approximate surface area is 119 Å². The van der Waals surface area contributed by atoms with Crippen molar-refractivity contribution < 1.29 is 9.53 Å². The number of nitrogens with zero attached hydrogens (tertiary/aromatic N) is 1. The molecule has 0 saturated carbocycles. The molecular formula is C16H31NO2. The molecule has 0 aliphatic heterocycles.